The summed E-state index contributed by atoms with van der Waals surface area (Å²) in [7, 11) is 0. The van der Waals surface area contributed by atoms with Crippen LogP contribution in [0.3, 0.4) is 0 Å². The van der Waals surface area contributed by atoms with Crippen LogP contribution in [-0.2, 0) is 4.79 Å². The summed E-state index contributed by atoms with van der Waals surface area (Å²) in [4.78, 5) is 29.0. The Morgan fingerprint density at radius 1 is 1.30 bits per heavy atom. The van der Waals surface area contributed by atoms with Crippen LogP contribution in [0.25, 0.3) is 28.7 Å². The standard InChI is InChI=1S/C11H7BrN8.C2HF3O2/c12-10-17-9(18-19-10)7-8(6-4-13-5-15-6)20-3-1-2-14-11(20)16-7;3-2(4,5)1(6)7/h1-5H,(H,13,15)(H,17,18,19);(H,6,7). The van der Waals surface area contributed by atoms with Crippen molar-refractivity contribution in [3.05, 3.63) is 35.7 Å². The summed E-state index contributed by atoms with van der Waals surface area (Å²) in [5, 5.41) is 14.0. The molecule has 4 aromatic heterocycles. The summed E-state index contributed by atoms with van der Waals surface area (Å²) >= 11 is 3.25. The number of fused-ring (bicyclic) bond motifs is 1. The van der Waals surface area contributed by atoms with Gasteiger partial charge in [0.1, 0.15) is 11.4 Å². The molecule has 0 spiro atoms. The highest BCUT2D eigenvalue weighted by Crippen LogP contribution is 2.29. The minimum absolute atomic E-state index is 0.493. The van der Waals surface area contributed by atoms with E-state index in [4.69, 9.17) is 9.90 Å². The van der Waals surface area contributed by atoms with Crippen molar-refractivity contribution < 1.29 is 23.1 Å². The minimum atomic E-state index is -5.08. The number of H-pyrrole nitrogens is 2. The van der Waals surface area contributed by atoms with E-state index >= 15 is 0 Å². The van der Waals surface area contributed by atoms with Crippen LogP contribution in [-0.4, -0.2) is 56.8 Å². The Labute approximate surface area is 155 Å². The quantitative estimate of drug-likeness (QED) is 0.431. The van der Waals surface area contributed by atoms with Crippen LogP contribution in [0.5, 0.6) is 0 Å². The van der Waals surface area contributed by atoms with E-state index < -0.39 is 12.1 Å². The first-order valence-corrected chi connectivity index (χ1v) is 7.77. The summed E-state index contributed by atoms with van der Waals surface area (Å²) in [6.45, 7) is 0. The highest BCUT2D eigenvalue weighted by atomic mass is 79.9. The van der Waals surface area contributed by atoms with Crippen molar-refractivity contribution in [2.24, 2.45) is 0 Å². The maximum atomic E-state index is 10.6. The van der Waals surface area contributed by atoms with Crippen molar-refractivity contribution >= 4 is 27.7 Å². The molecule has 10 nitrogen and oxygen atoms in total. The van der Waals surface area contributed by atoms with E-state index in [1.807, 2.05) is 16.7 Å². The zero-order chi connectivity index (χ0) is 19.6. The summed E-state index contributed by atoms with van der Waals surface area (Å²) in [6.07, 6.45) is 1.83. The number of aliphatic carboxylic acids is 1. The van der Waals surface area contributed by atoms with Crippen molar-refractivity contribution in [2.45, 2.75) is 6.18 Å². The molecule has 0 saturated carbocycles. The zero-order valence-corrected chi connectivity index (χ0v) is 14.5. The van der Waals surface area contributed by atoms with Gasteiger partial charge in [-0.25, -0.2) is 19.7 Å². The number of aromatic amines is 2. The fourth-order valence-corrected chi connectivity index (χ4v) is 2.29. The Bertz CT molecular complexity index is 1070. The fourth-order valence-electron chi connectivity index (χ4n) is 2.03. The molecular weight excluding hydrogens is 437 g/mol. The van der Waals surface area contributed by atoms with Crippen molar-refractivity contribution in [3.8, 4) is 22.9 Å². The number of imidazole rings is 2. The van der Waals surface area contributed by atoms with Gasteiger partial charge in [-0.15, -0.1) is 0 Å². The van der Waals surface area contributed by atoms with Gasteiger partial charge in [-0.1, -0.05) is 0 Å². The summed E-state index contributed by atoms with van der Waals surface area (Å²) < 4.78 is 34.2. The molecule has 0 aliphatic carbocycles. The maximum absolute atomic E-state index is 10.6. The maximum Gasteiger partial charge on any atom is 0.490 e. The molecule has 0 amide bonds. The predicted molar refractivity (Wildman–Crippen MR) is 87.3 cm³/mol. The minimum Gasteiger partial charge on any atom is -0.475 e. The first kappa shape index (κ1) is 18.5. The molecule has 0 atom stereocenters. The van der Waals surface area contributed by atoms with Gasteiger partial charge in [0.25, 0.3) is 0 Å². The Morgan fingerprint density at radius 3 is 2.59 bits per heavy atom. The number of hydrogen-bond acceptors (Lipinski definition) is 6. The summed E-state index contributed by atoms with van der Waals surface area (Å²) in [6, 6.07) is 1.84. The molecule has 140 valence electrons. The number of carbonyl (C=O) groups is 1. The van der Waals surface area contributed by atoms with E-state index in [9.17, 15) is 13.2 Å². The largest absolute Gasteiger partial charge is 0.490 e. The molecule has 14 heteroatoms. The van der Waals surface area contributed by atoms with Crippen LogP contribution in [0.4, 0.5) is 13.2 Å². The van der Waals surface area contributed by atoms with E-state index in [1.54, 1.807) is 18.7 Å². The third kappa shape index (κ3) is 3.94. The van der Waals surface area contributed by atoms with Gasteiger partial charge >= 0.3 is 12.1 Å². The second-order valence-electron chi connectivity index (χ2n) is 4.82. The first-order valence-electron chi connectivity index (χ1n) is 6.97. The highest BCUT2D eigenvalue weighted by molar-refractivity contribution is 9.10. The van der Waals surface area contributed by atoms with E-state index in [2.05, 4.69) is 51.0 Å². The van der Waals surface area contributed by atoms with Crippen LogP contribution in [0.2, 0.25) is 0 Å². The third-order valence-corrected chi connectivity index (χ3v) is 3.42. The predicted octanol–water partition coefficient (Wildman–Crippen LogP) is 2.30. The second-order valence-corrected chi connectivity index (χ2v) is 5.57. The van der Waals surface area contributed by atoms with Crippen molar-refractivity contribution in [1.29, 1.82) is 0 Å². The van der Waals surface area contributed by atoms with Crippen LogP contribution in [0.15, 0.2) is 35.7 Å². The topological polar surface area (TPSA) is 138 Å². The molecule has 0 fully saturated rings. The Balaban J connectivity index is 0.000000260. The zero-order valence-electron chi connectivity index (χ0n) is 12.9. The van der Waals surface area contributed by atoms with Crippen molar-refractivity contribution in [1.82, 2.24) is 39.5 Å². The number of alkyl halides is 3. The van der Waals surface area contributed by atoms with Gasteiger partial charge in [0, 0.05) is 12.4 Å². The molecule has 0 bridgehead atoms. The van der Waals surface area contributed by atoms with E-state index in [0.717, 1.165) is 11.4 Å². The van der Waals surface area contributed by atoms with E-state index in [1.165, 1.54) is 0 Å². The molecule has 0 aliphatic heterocycles. The first-order chi connectivity index (χ1) is 12.8. The molecule has 3 N–H and O–H groups in total. The number of hydrogen-bond donors (Lipinski definition) is 3. The molecule has 0 aromatic carbocycles. The SMILES string of the molecule is Brc1nc(-c2nc3ncccn3c2-c2cnc[nH]2)n[nH]1.O=C(O)C(F)(F)F. The molecule has 27 heavy (non-hydrogen) atoms. The van der Waals surface area contributed by atoms with Gasteiger partial charge in [-0.3, -0.25) is 9.50 Å². The molecule has 0 unspecified atom stereocenters. The fraction of sp³-hybridized carbons (Fsp3) is 0.0769. The van der Waals surface area contributed by atoms with Gasteiger partial charge in [0.05, 0.1) is 18.2 Å². The summed E-state index contributed by atoms with van der Waals surface area (Å²) in [5.41, 5.74) is 2.27. The lowest BCUT2D eigenvalue weighted by atomic mass is 10.2. The lowest BCUT2D eigenvalue weighted by molar-refractivity contribution is -0.192. The molecule has 0 radical (unpaired) electrons. The Morgan fingerprint density at radius 2 is 2.04 bits per heavy atom. The van der Waals surface area contributed by atoms with Gasteiger partial charge in [-0.2, -0.15) is 23.3 Å². The number of nitrogens with zero attached hydrogens (tertiary/aromatic N) is 6. The van der Waals surface area contributed by atoms with Gasteiger partial charge < -0.3 is 10.1 Å². The number of aromatic nitrogens is 8. The molecule has 4 rings (SSSR count). The van der Waals surface area contributed by atoms with Crippen molar-refractivity contribution in [3.63, 3.8) is 0 Å². The number of rotatable bonds is 2. The van der Waals surface area contributed by atoms with Crippen LogP contribution >= 0.6 is 15.9 Å². The lowest BCUT2D eigenvalue weighted by Crippen LogP contribution is -2.21. The smallest absolute Gasteiger partial charge is 0.475 e. The normalized spacial score (nSPS) is 11.3. The molecule has 4 heterocycles. The monoisotopic (exact) mass is 444 g/mol. The van der Waals surface area contributed by atoms with Crippen LogP contribution < -0.4 is 0 Å². The van der Waals surface area contributed by atoms with Gasteiger partial charge in [-0.05, 0) is 22.0 Å². The Hall–Kier alpha value is -3.29. The second kappa shape index (κ2) is 7.14. The average molecular weight is 445 g/mol. The third-order valence-electron chi connectivity index (χ3n) is 3.07. The van der Waals surface area contributed by atoms with Crippen molar-refractivity contribution in [2.75, 3.05) is 0 Å². The van der Waals surface area contributed by atoms with Crippen LogP contribution in [0.1, 0.15) is 0 Å². The molecule has 0 saturated heterocycles. The number of carboxylic acid groups (broad SMARTS) is 1. The lowest BCUT2D eigenvalue weighted by Gasteiger charge is -1.99. The van der Waals surface area contributed by atoms with Gasteiger partial charge in [0.2, 0.25) is 11.6 Å². The number of nitrogens with one attached hydrogen (secondary N) is 2. The van der Waals surface area contributed by atoms with Crippen LogP contribution in [0, 0.1) is 0 Å². The molecule has 0 aliphatic rings. The summed E-state index contributed by atoms with van der Waals surface area (Å²) in [5.74, 6) is -1.69. The number of carboxylic acids is 1. The average Bonchev–Trinajstić information content (AvgIpc) is 3.32. The Kier molecular flexibility index (Phi) is 4.89. The number of halogens is 4. The molecule has 4 aromatic rings. The molecular formula is C13H8BrF3N8O2. The van der Waals surface area contributed by atoms with E-state index in [-0.39, 0.29) is 0 Å². The van der Waals surface area contributed by atoms with Gasteiger partial charge in [0.15, 0.2) is 4.73 Å². The highest BCUT2D eigenvalue weighted by Gasteiger charge is 2.38. The van der Waals surface area contributed by atoms with E-state index in [0.29, 0.717) is 22.0 Å².